The summed E-state index contributed by atoms with van der Waals surface area (Å²) in [7, 11) is 3.06. The minimum atomic E-state index is -4.40. The summed E-state index contributed by atoms with van der Waals surface area (Å²) in [6, 6.07) is 12.0. The quantitative estimate of drug-likeness (QED) is 0.680. The topological polar surface area (TPSA) is 31.4 Å². The van der Waals surface area contributed by atoms with Crippen LogP contribution in [0.1, 0.15) is 5.56 Å². The van der Waals surface area contributed by atoms with Gasteiger partial charge in [-0.3, -0.25) is 0 Å². The van der Waals surface area contributed by atoms with Crippen molar-refractivity contribution >= 4 is 10.9 Å². The third kappa shape index (κ3) is 2.87. The standard InChI is InChI=1S/C18H14F3NO2/c1-23-15-8-9-16(24-2)17-13(15)6-7-14(22-17)11-4-3-5-12(10-11)18(19,20)21/h3-10H,1-2H3. The number of fused-ring (bicyclic) bond motifs is 1. The number of alkyl halides is 3. The summed E-state index contributed by atoms with van der Waals surface area (Å²) in [5, 5.41) is 0.729. The van der Waals surface area contributed by atoms with Gasteiger partial charge in [-0.15, -0.1) is 0 Å². The minimum Gasteiger partial charge on any atom is -0.496 e. The van der Waals surface area contributed by atoms with Crippen molar-refractivity contribution in [3.8, 4) is 22.8 Å². The van der Waals surface area contributed by atoms with E-state index in [9.17, 15) is 13.2 Å². The largest absolute Gasteiger partial charge is 0.496 e. The van der Waals surface area contributed by atoms with Crippen molar-refractivity contribution in [3.63, 3.8) is 0 Å². The number of nitrogens with zero attached hydrogens (tertiary/aromatic N) is 1. The molecule has 2 aromatic carbocycles. The number of ether oxygens (including phenoxy) is 2. The first-order valence-corrected chi connectivity index (χ1v) is 7.13. The zero-order valence-electron chi connectivity index (χ0n) is 13.0. The average molecular weight is 333 g/mol. The summed E-state index contributed by atoms with van der Waals surface area (Å²) in [6.45, 7) is 0. The van der Waals surface area contributed by atoms with E-state index >= 15 is 0 Å². The number of hydrogen-bond donors (Lipinski definition) is 0. The van der Waals surface area contributed by atoms with E-state index in [0.29, 0.717) is 28.3 Å². The Bertz CT molecular complexity index is 891. The molecular weight excluding hydrogens is 319 g/mol. The molecule has 24 heavy (non-hydrogen) atoms. The highest BCUT2D eigenvalue weighted by Gasteiger charge is 2.30. The second-order valence-corrected chi connectivity index (χ2v) is 5.14. The maximum Gasteiger partial charge on any atom is 0.416 e. The third-order valence-electron chi connectivity index (χ3n) is 3.71. The lowest BCUT2D eigenvalue weighted by Gasteiger charge is -2.12. The Morgan fingerprint density at radius 1 is 0.875 bits per heavy atom. The summed E-state index contributed by atoms with van der Waals surface area (Å²) in [5.74, 6) is 1.15. The Balaban J connectivity index is 2.18. The van der Waals surface area contributed by atoms with Crippen LogP contribution in [0.2, 0.25) is 0 Å². The molecule has 0 unspecified atom stereocenters. The predicted molar refractivity (Wildman–Crippen MR) is 85.3 cm³/mol. The van der Waals surface area contributed by atoms with Gasteiger partial charge in [-0.2, -0.15) is 13.2 Å². The van der Waals surface area contributed by atoms with E-state index in [1.807, 2.05) is 0 Å². The van der Waals surface area contributed by atoms with Crippen LogP contribution in [-0.2, 0) is 6.18 Å². The van der Waals surface area contributed by atoms with E-state index in [0.717, 1.165) is 17.5 Å². The van der Waals surface area contributed by atoms with E-state index in [1.165, 1.54) is 13.2 Å². The molecule has 124 valence electrons. The van der Waals surface area contributed by atoms with Crippen molar-refractivity contribution in [2.45, 2.75) is 6.18 Å². The van der Waals surface area contributed by atoms with E-state index < -0.39 is 11.7 Å². The average Bonchev–Trinajstić information content (AvgIpc) is 2.59. The van der Waals surface area contributed by atoms with E-state index in [1.54, 1.807) is 37.4 Å². The monoisotopic (exact) mass is 333 g/mol. The smallest absolute Gasteiger partial charge is 0.416 e. The van der Waals surface area contributed by atoms with Gasteiger partial charge in [-0.25, -0.2) is 4.98 Å². The van der Waals surface area contributed by atoms with Crippen LogP contribution in [0.25, 0.3) is 22.2 Å². The van der Waals surface area contributed by atoms with Gasteiger partial charge in [0.05, 0.1) is 25.5 Å². The van der Waals surface area contributed by atoms with Crippen LogP contribution < -0.4 is 9.47 Å². The lowest BCUT2D eigenvalue weighted by molar-refractivity contribution is -0.137. The van der Waals surface area contributed by atoms with Crippen molar-refractivity contribution in [1.82, 2.24) is 4.98 Å². The zero-order chi connectivity index (χ0) is 17.3. The van der Waals surface area contributed by atoms with Crippen LogP contribution in [0.5, 0.6) is 11.5 Å². The summed E-state index contributed by atoms with van der Waals surface area (Å²) < 4.78 is 49.3. The first-order valence-electron chi connectivity index (χ1n) is 7.13. The van der Waals surface area contributed by atoms with Crippen molar-refractivity contribution in [3.05, 3.63) is 54.1 Å². The molecule has 0 aliphatic rings. The summed E-state index contributed by atoms with van der Waals surface area (Å²) in [4.78, 5) is 4.48. The molecule has 0 amide bonds. The molecule has 1 aromatic heterocycles. The number of pyridine rings is 1. The third-order valence-corrected chi connectivity index (χ3v) is 3.71. The van der Waals surface area contributed by atoms with E-state index in [4.69, 9.17) is 9.47 Å². The summed E-state index contributed by atoms with van der Waals surface area (Å²) in [5.41, 5.74) is 0.642. The predicted octanol–water partition coefficient (Wildman–Crippen LogP) is 4.94. The zero-order valence-corrected chi connectivity index (χ0v) is 13.0. The Hall–Kier alpha value is -2.76. The SMILES string of the molecule is COc1ccc(OC)c2nc(-c3cccc(C(F)(F)F)c3)ccc12. The minimum absolute atomic E-state index is 0.386. The normalized spacial score (nSPS) is 11.5. The highest BCUT2D eigenvalue weighted by molar-refractivity contribution is 5.91. The van der Waals surface area contributed by atoms with E-state index in [-0.39, 0.29) is 0 Å². The lowest BCUT2D eigenvalue weighted by atomic mass is 10.1. The van der Waals surface area contributed by atoms with Gasteiger partial charge in [0.25, 0.3) is 0 Å². The number of methoxy groups -OCH3 is 2. The van der Waals surface area contributed by atoms with Gasteiger partial charge >= 0.3 is 6.18 Å². The molecule has 0 spiro atoms. The van der Waals surface area contributed by atoms with E-state index in [2.05, 4.69) is 4.98 Å². The second-order valence-electron chi connectivity index (χ2n) is 5.14. The molecule has 0 radical (unpaired) electrons. The molecular formula is C18H14F3NO2. The molecule has 0 aliphatic carbocycles. The van der Waals surface area contributed by atoms with Gasteiger partial charge in [-0.05, 0) is 36.4 Å². The van der Waals surface area contributed by atoms with Gasteiger partial charge in [0.1, 0.15) is 17.0 Å². The van der Waals surface area contributed by atoms with Gasteiger partial charge in [0, 0.05) is 10.9 Å². The number of rotatable bonds is 3. The Labute approximate surface area is 136 Å². The molecule has 0 fully saturated rings. The molecule has 0 saturated heterocycles. The second kappa shape index (κ2) is 6.03. The molecule has 3 nitrogen and oxygen atoms in total. The fourth-order valence-corrected chi connectivity index (χ4v) is 2.52. The molecule has 3 rings (SSSR count). The molecule has 0 saturated carbocycles. The fourth-order valence-electron chi connectivity index (χ4n) is 2.52. The molecule has 0 bridgehead atoms. The molecule has 0 N–H and O–H groups in total. The number of benzene rings is 2. The first kappa shape index (κ1) is 16.1. The van der Waals surface area contributed by atoms with Gasteiger partial charge in [-0.1, -0.05) is 12.1 Å². The molecule has 6 heteroatoms. The van der Waals surface area contributed by atoms with Crippen molar-refractivity contribution < 1.29 is 22.6 Å². The van der Waals surface area contributed by atoms with Crippen molar-refractivity contribution in [2.24, 2.45) is 0 Å². The van der Waals surface area contributed by atoms with Gasteiger partial charge in [0.15, 0.2) is 0 Å². The van der Waals surface area contributed by atoms with Gasteiger partial charge < -0.3 is 9.47 Å². The number of hydrogen-bond acceptors (Lipinski definition) is 3. The Morgan fingerprint density at radius 3 is 2.25 bits per heavy atom. The van der Waals surface area contributed by atoms with Crippen LogP contribution in [0, 0.1) is 0 Å². The Morgan fingerprint density at radius 2 is 1.58 bits per heavy atom. The fraction of sp³-hybridized carbons (Fsp3) is 0.167. The highest BCUT2D eigenvalue weighted by atomic mass is 19.4. The van der Waals surface area contributed by atoms with Crippen molar-refractivity contribution in [2.75, 3.05) is 14.2 Å². The molecule has 0 aliphatic heterocycles. The van der Waals surface area contributed by atoms with Crippen LogP contribution in [-0.4, -0.2) is 19.2 Å². The molecule has 3 aromatic rings. The van der Waals surface area contributed by atoms with Gasteiger partial charge in [0.2, 0.25) is 0 Å². The summed E-state index contributed by atoms with van der Waals surface area (Å²) >= 11 is 0. The van der Waals surface area contributed by atoms with Crippen LogP contribution in [0.3, 0.4) is 0 Å². The van der Waals surface area contributed by atoms with Crippen LogP contribution in [0.15, 0.2) is 48.5 Å². The Kier molecular flexibility index (Phi) is 4.05. The first-order chi connectivity index (χ1) is 11.4. The molecule has 0 atom stereocenters. The maximum atomic E-state index is 12.9. The lowest BCUT2D eigenvalue weighted by Crippen LogP contribution is -2.04. The number of aromatic nitrogens is 1. The number of halogens is 3. The van der Waals surface area contributed by atoms with Crippen molar-refractivity contribution in [1.29, 1.82) is 0 Å². The highest BCUT2D eigenvalue weighted by Crippen LogP contribution is 2.35. The van der Waals surface area contributed by atoms with Crippen LogP contribution in [0.4, 0.5) is 13.2 Å². The van der Waals surface area contributed by atoms with Crippen LogP contribution >= 0.6 is 0 Å². The maximum absolute atomic E-state index is 12.9. The summed E-state index contributed by atoms with van der Waals surface area (Å²) in [6.07, 6.45) is -4.40. The molecule has 1 heterocycles.